The van der Waals surface area contributed by atoms with Gasteiger partial charge in [-0.2, -0.15) is 0 Å². The van der Waals surface area contributed by atoms with Gasteiger partial charge in [0.15, 0.2) is 0 Å². The van der Waals surface area contributed by atoms with Gasteiger partial charge in [-0.05, 0) is 32.0 Å². The topological polar surface area (TPSA) is 84.5 Å². The molecule has 0 aliphatic heterocycles. The first-order chi connectivity index (χ1) is 8.88. The van der Waals surface area contributed by atoms with E-state index < -0.39 is 15.1 Å². The number of nitrogens with one attached hydrogen (secondary N) is 2. The molecular formula is C11H15ClN2O4S. The van der Waals surface area contributed by atoms with E-state index in [1.807, 2.05) is 0 Å². The molecule has 2 N–H and O–H groups in total. The molecule has 0 saturated carbocycles. The highest BCUT2D eigenvalue weighted by Gasteiger charge is 2.15. The van der Waals surface area contributed by atoms with Crippen LogP contribution in [-0.2, 0) is 9.05 Å². The molecule has 1 rings (SSSR count). The highest BCUT2D eigenvalue weighted by Crippen LogP contribution is 2.29. The molecule has 2 amide bonds. The third kappa shape index (κ3) is 4.60. The fraction of sp³-hybridized carbons (Fsp3) is 0.364. The fourth-order valence-corrected chi connectivity index (χ4v) is 2.14. The van der Waals surface area contributed by atoms with Gasteiger partial charge in [-0.3, -0.25) is 0 Å². The number of carbonyl (C=O) groups excluding carboxylic acids is 1. The van der Waals surface area contributed by atoms with Crippen LogP contribution in [0.25, 0.3) is 0 Å². The lowest BCUT2D eigenvalue weighted by Gasteiger charge is -2.12. The Morgan fingerprint density at radius 2 is 2.05 bits per heavy atom. The third-order valence-corrected chi connectivity index (χ3v) is 3.47. The van der Waals surface area contributed by atoms with Gasteiger partial charge in [-0.25, -0.2) is 13.2 Å². The smallest absolute Gasteiger partial charge is 0.319 e. The Hall–Kier alpha value is -1.47. The van der Waals surface area contributed by atoms with Crippen molar-refractivity contribution in [1.29, 1.82) is 0 Å². The van der Waals surface area contributed by atoms with Gasteiger partial charge < -0.3 is 15.4 Å². The van der Waals surface area contributed by atoms with Crippen LogP contribution in [-0.4, -0.2) is 27.6 Å². The van der Waals surface area contributed by atoms with Crippen molar-refractivity contribution in [2.45, 2.75) is 18.7 Å². The molecule has 0 unspecified atom stereocenters. The van der Waals surface area contributed by atoms with E-state index in [1.165, 1.54) is 18.2 Å². The second-order valence-electron chi connectivity index (χ2n) is 3.51. The van der Waals surface area contributed by atoms with E-state index in [4.69, 9.17) is 15.4 Å². The summed E-state index contributed by atoms with van der Waals surface area (Å²) in [6.07, 6.45) is 0. The summed E-state index contributed by atoms with van der Waals surface area (Å²) in [6, 6.07) is 3.56. The number of hydrogen-bond donors (Lipinski definition) is 2. The predicted octanol–water partition coefficient (Wildman–Crippen LogP) is 2.15. The Balaban J connectivity index is 3.12. The first-order valence-corrected chi connectivity index (χ1v) is 7.95. The van der Waals surface area contributed by atoms with Crippen molar-refractivity contribution in [2.75, 3.05) is 18.5 Å². The number of anilines is 1. The monoisotopic (exact) mass is 306 g/mol. The summed E-state index contributed by atoms with van der Waals surface area (Å²) in [4.78, 5) is 11.4. The highest BCUT2D eigenvalue weighted by molar-refractivity contribution is 8.13. The molecule has 0 bridgehead atoms. The Morgan fingerprint density at radius 1 is 1.37 bits per heavy atom. The van der Waals surface area contributed by atoms with E-state index in [1.54, 1.807) is 13.8 Å². The Bertz CT molecular complexity index is 560. The molecule has 19 heavy (non-hydrogen) atoms. The molecule has 106 valence electrons. The van der Waals surface area contributed by atoms with Gasteiger partial charge >= 0.3 is 6.03 Å². The maximum absolute atomic E-state index is 11.5. The van der Waals surface area contributed by atoms with Gasteiger partial charge in [0.05, 0.1) is 17.2 Å². The molecule has 0 spiro atoms. The summed E-state index contributed by atoms with van der Waals surface area (Å²) < 4.78 is 27.8. The second kappa shape index (κ2) is 6.63. The summed E-state index contributed by atoms with van der Waals surface area (Å²) >= 11 is 0. The van der Waals surface area contributed by atoms with Crippen LogP contribution < -0.4 is 15.4 Å². The normalized spacial score (nSPS) is 10.9. The molecule has 0 atom stereocenters. The number of ether oxygens (including phenoxy) is 1. The van der Waals surface area contributed by atoms with Crippen LogP contribution in [0.15, 0.2) is 23.1 Å². The Morgan fingerprint density at radius 3 is 2.58 bits per heavy atom. The molecule has 6 nitrogen and oxygen atoms in total. The number of urea groups is 1. The van der Waals surface area contributed by atoms with Crippen molar-refractivity contribution in [2.24, 2.45) is 0 Å². The zero-order chi connectivity index (χ0) is 14.5. The minimum atomic E-state index is -3.86. The van der Waals surface area contributed by atoms with E-state index in [-0.39, 0.29) is 10.6 Å². The molecule has 0 heterocycles. The van der Waals surface area contributed by atoms with E-state index in [2.05, 4.69) is 10.6 Å². The molecule has 1 aromatic rings. The van der Waals surface area contributed by atoms with Gasteiger partial charge in [-0.1, -0.05) is 0 Å². The number of halogens is 1. The van der Waals surface area contributed by atoms with E-state index in [9.17, 15) is 13.2 Å². The van der Waals surface area contributed by atoms with E-state index in [0.717, 1.165) is 0 Å². The second-order valence-corrected chi connectivity index (χ2v) is 6.08. The quantitative estimate of drug-likeness (QED) is 0.816. The van der Waals surface area contributed by atoms with Gasteiger partial charge in [0, 0.05) is 17.2 Å². The predicted molar refractivity (Wildman–Crippen MR) is 73.3 cm³/mol. The molecule has 0 aliphatic rings. The number of rotatable bonds is 5. The minimum absolute atomic E-state index is 0.107. The van der Waals surface area contributed by atoms with Gasteiger partial charge in [0.25, 0.3) is 9.05 Å². The van der Waals surface area contributed by atoms with Crippen LogP contribution in [0.1, 0.15) is 13.8 Å². The largest absolute Gasteiger partial charge is 0.492 e. The fourth-order valence-electron chi connectivity index (χ4n) is 1.37. The standard InChI is InChI=1S/C11H15ClN2O4S/c1-3-13-11(15)14-9-7-8(19(12,16)17)5-6-10(9)18-4-2/h5-7H,3-4H2,1-2H3,(H2,13,14,15). The van der Waals surface area contributed by atoms with E-state index >= 15 is 0 Å². The summed E-state index contributed by atoms with van der Waals surface area (Å²) in [6.45, 7) is 4.38. The van der Waals surface area contributed by atoms with Gasteiger partial charge in [0.1, 0.15) is 5.75 Å². The molecule has 0 fully saturated rings. The zero-order valence-electron chi connectivity index (χ0n) is 10.6. The van der Waals surface area contributed by atoms with Crippen molar-refractivity contribution in [3.05, 3.63) is 18.2 Å². The lowest BCUT2D eigenvalue weighted by Crippen LogP contribution is -2.28. The number of carbonyl (C=O) groups is 1. The molecule has 0 radical (unpaired) electrons. The minimum Gasteiger partial charge on any atom is -0.492 e. The van der Waals surface area contributed by atoms with Crippen LogP contribution in [0, 0.1) is 0 Å². The van der Waals surface area contributed by atoms with Crippen molar-refractivity contribution < 1.29 is 17.9 Å². The van der Waals surface area contributed by atoms with Crippen molar-refractivity contribution in [1.82, 2.24) is 5.32 Å². The number of amides is 2. The summed E-state index contributed by atoms with van der Waals surface area (Å²) in [7, 11) is 1.40. The van der Waals surface area contributed by atoms with Gasteiger partial charge in [-0.15, -0.1) is 0 Å². The summed E-state index contributed by atoms with van der Waals surface area (Å²) in [5.74, 6) is 0.373. The third-order valence-electron chi connectivity index (χ3n) is 2.12. The van der Waals surface area contributed by atoms with Crippen LogP contribution in [0.4, 0.5) is 10.5 Å². The summed E-state index contributed by atoms with van der Waals surface area (Å²) in [5, 5.41) is 5.04. The lowest BCUT2D eigenvalue weighted by molar-refractivity contribution is 0.252. The Kier molecular flexibility index (Phi) is 5.44. The van der Waals surface area contributed by atoms with Crippen LogP contribution >= 0.6 is 10.7 Å². The molecule has 0 aromatic heterocycles. The SMILES string of the molecule is CCNC(=O)Nc1cc(S(=O)(=O)Cl)ccc1OCC. The van der Waals surface area contributed by atoms with Crippen molar-refractivity contribution in [3.63, 3.8) is 0 Å². The average molecular weight is 307 g/mol. The van der Waals surface area contributed by atoms with Crippen molar-refractivity contribution in [3.8, 4) is 5.75 Å². The van der Waals surface area contributed by atoms with Crippen LogP contribution in [0.3, 0.4) is 0 Å². The van der Waals surface area contributed by atoms with Crippen LogP contribution in [0.2, 0.25) is 0 Å². The molecule has 0 saturated heterocycles. The Labute approximate surface area is 116 Å². The zero-order valence-corrected chi connectivity index (χ0v) is 12.1. The maximum Gasteiger partial charge on any atom is 0.319 e. The lowest BCUT2D eigenvalue weighted by atomic mass is 10.3. The first kappa shape index (κ1) is 15.6. The maximum atomic E-state index is 11.5. The summed E-state index contributed by atoms with van der Waals surface area (Å²) in [5.41, 5.74) is 0.245. The molecule has 8 heteroatoms. The van der Waals surface area contributed by atoms with Gasteiger partial charge in [0.2, 0.25) is 0 Å². The molecule has 0 aliphatic carbocycles. The van der Waals surface area contributed by atoms with Crippen LogP contribution in [0.5, 0.6) is 5.75 Å². The number of hydrogen-bond acceptors (Lipinski definition) is 4. The highest BCUT2D eigenvalue weighted by atomic mass is 35.7. The number of benzene rings is 1. The molecular weight excluding hydrogens is 292 g/mol. The average Bonchev–Trinajstić information content (AvgIpc) is 2.30. The first-order valence-electron chi connectivity index (χ1n) is 5.64. The van der Waals surface area contributed by atoms with Crippen molar-refractivity contribution >= 4 is 31.5 Å². The molecule has 1 aromatic carbocycles. The van der Waals surface area contributed by atoms with E-state index in [0.29, 0.717) is 18.9 Å².